The summed E-state index contributed by atoms with van der Waals surface area (Å²) < 4.78 is 30.6. The lowest BCUT2D eigenvalue weighted by atomic mass is 10.1. The van der Waals surface area contributed by atoms with E-state index in [0.29, 0.717) is 5.56 Å². The minimum absolute atomic E-state index is 0.242. The first-order chi connectivity index (χ1) is 13.4. The molecule has 0 fully saturated rings. The molecule has 0 aliphatic carbocycles. The third kappa shape index (κ3) is 7.73. The van der Waals surface area contributed by atoms with Gasteiger partial charge in [0.05, 0.1) is 6.04 Å². The summed E-state index contributed by atoms with van der Waals surface area (Å²) in [5.74, 6) is -1.32. The van der Waals surface area contributed by atoms with Crippen molar-refractivity contribution in [2.45, 2.75) is 13.0 Å². The third-order valence-electron chi connectivity index (χ3n) is 3.70. The molecule has 148 valence electrons. The van der Waals surface area contributed by atoms with E-state index in [1.54, 1.807) is 24.3 Å². The molecule has 8 heteroatoms. The average Bonchev–Trinajstić information content (AvgIpc) is 2.71. The SMILES string of the molecule is CC(NC(=O)COC(=O)CNS(=O)(=O)/C=C/c1ccccc1)c1ccccc1. The summed E-state index contributed by atoms with van der Waals surface area (Å²) in [5, 5.41) is 3.66. The maximum atomic E-state index is 11.9. The van der Waals surface area contributed by atoms with Crippen LogP contribution in [0.4, 0.5) is 0 Å². The zero-order valence-electron chi connectivity index (χ0n) is 15.4. The minimum Gasteiger partial charge on any atom is -0.455 e. The molecule has 2 rings (SSSR count). The van der Waals surface area contributed by atoms with Gasteiger partial charge in [0, 0.05) is 5.41 Å². The Kier molecular flexibility index (Phi) is 7.91. The Labute approximate surface area is 164 Å². The van der Waals surface area contributed by atoms with Gasteiger partial charge >= 0.3 is 5.97 Å². The largest absolute Gasteiger partial charge is 0.455 e. The molecule has 2 aromatic carbocycles. The molecule has 0 bridgehead atoms. The van der Waals surface area contributed by atoms with Crippen LogP contribution in [0.15, 0.2) is 66.1 Å². The molecule has 1 amide bonds. The molecule has 7 nitrogen and oxygen atoms in total. The van der Waals surface area contributed by atoms with E-state index < -0.39 is 35.1 Å². The molecule has 0 saturated heterocycles. The maximum absolute atomic E-state index is 11.9. The van der Waals surface area contributed by atoms with Gasteiger partial charge in [-0.2, -0.15) is 0 Å². The molecular formula is C20H22N2O5S. The second-order valence-electron chi connectivity index (χ2n) is 5.94. The van der Waals surface area contributed by atoms with Crippen LogP contribution in [0.5, 0.6) is 0 Å². The van der Waals surface area contributed by atoms with Gasteiger partial charge in [0.25, 0.3) is 5.91 Å². The van der Waals surface area contributed by atoms with Crippen molar-refractivity contribution in [3.8, 4) is 0 Å². The molecule has 0 aliphatic heterocycles. The Morgan fingerprint density at radius 1 is 1.04 bits per heavy atom. The number of ether oxygens (including phenoxy) is 1. The van der Waals surface area contributed by atoms with Gasteiger partial charge < -0.3 is 10.1 Å². The van der Waals surface area contributed by atoms with Gasteiger partial charge in [-0.25, -0.2) is 13.1 Å². The molecule has 2 aromatic rings. The van der Waals surface area contributed by atoms with Crippen LogP contribution in [0.2, 0.25) is 0 Å². The van der Waals surface area contributed by atoms with Crippen molar-refractivity contribution < 1.29 is 22.7 Å². The molecule has 1 atom stereocenters. The Bertz CT molecular complexity index is 912. The van der Waals surface area contributed by atoms with Gasteiger partial charge in [-0.15, -0.1) is 0 Å². The number of nitrogens with one attached hydrogen (secondary N) is 2. The summed E-state index contributed by atoms with van der Waals surface area (Å²) in [6, 6.07) is 17.9. The standard InChI is InChI=1S/C20H22N2O5S/c1-16(18-10-6-3-7-11-18)22-19(23)15-27-20(24)14-21-28(25,26)13-12-17-8-4-2-5-9-17/h2-13,16,21H,14-15H2,1H3,(H,22,23)/b13-12+. The van der Waals surface area contributed by atoms with Crippen molar-refractivity contribution >= 4 is 28.0 Å². The molecule has 0 radical (unpaired) electrons. The van der Waals surface area contributed by atoms with E-state index in [1.807, 2.05) is 43.3 Å². The summed E-state index contributed by atoms with van der Waals surface area (Å²) in [7, 11) is -3.80. The Morgan fingerprint density at radius 2 is 1.64 bits per heavy atom. The molecule has 2 N–H and O–H groups in total. The monoisotopic (exact) mass is 402 g/mol. The van der Waals surface area contributed by atoms with Crippen LogP contribution in [0, 0.1) is 0 Å². The summed E-state index contributed by atoms with van der Waals surface area (Å²) >= 11 is 0. The highest BCUT2D eigenvalue weighted by Gasteiger charge is 2.13. The van der Waals surface area contributed by atoms with Crippen LogP contribution in [0.1, 0.15) is 24.1 Å². The lowest BCUT2D eigenvalue weighted by molar-refractivity contribution is -0.147. The lowest BCUT2D eigenvalue weighted by Crippen LogP contribution is -2.34. The zero-order chi connectivity index (χ0) is 20.4. The first kappa shape index (κ1) is 21.3. The fourth-order valence-corrected chi connectivity index (χ4v) is 3.00. The zero-order valence-corrected chi connectivity index (χ0v) is 16.2. The van der Waals surface area contributed by atoms with Crippen molar-refractivity contribution in [1.82, 2.24) is 10.0 Å². The topological polar surface area (TPSA) is 102 Å². The van der Waals surface area contributed by atoms with Crippen LogP contribution < -0.4 is 10.0 Å². The molecule has 0 aromatic heterocycles. The number of sulfonamides is 1. The van der Waals surface area contributed by atoms with Gasteiger partial charge in [0.1, 0.15) is 6.54 Å². The van der Waals surface area contributed by atoms with Gasteiger partial charge in [-0.3, -0.25) is 9.59 Å². The molecule has 0 aliphatic rings. The molecule has 28 heavy (non-hydrogen) atoms. The minimum atomic E-state index is -3.80. The van der Waals surface area contributed by atoms with Crippen LogP contribution in [-0.4, -0.2) is 33.4 Å². The van der Waals surface area contributed by atoms with E-state index in [4.69, 9.17) is 4.74 Å². The number of esters is 1. The highest BCUT2D eigenvalue weighted by atomic mass is 32.2. The summed E-state index contributed by atoms with van der Waals surface area (Å²) in [6.45, 7) is 0.753. The van der Waals surface area contributed by atoms with Gasteiger partial charge in [-0.05, 0) is 24.1 Å². The number of amides is 1. The second-order valence-corrected chi connectivity index (χ2v) is 7.59. The van der Waals surface area contributed by atoms with Crippen molar-refractivity contribution in [2.24, 2.45) is 0 Å². The van der Waals surface area contributed by atoms with Gasteiger partial charge in [0.2, 0.25) is 10.0 Å². The number of carbonyl (C=O) groups excluding carboxylic acids is 2. The predicted molar refractivity (Wildman–Crippen MR) is 106 cm³/mol. The first-order valence-corrected chi connectivity index (χ1v) is 10.1. The third-order valence-corrected chi connectivity index (χ3v) is 4.74. The molecule has 0 spiro atoms. The normalized spacial score (nSPS) is 12.5. The quantitative estimate of drug-likeness (QED) is 0.625. The summed E-state index contributed by atoms with van der Waals surface area (Å²) in [4.78, 5) is 23.5. The van der Waals surface area contributed by atoms with Crippen LogP contribution >= 0.6 is 0 Å². The van der Waals surface area contributed by atoms with E-state index in [9.17, 15) is 18.0 Å². The maximum Gasteiger partial charge on any atom is 0.321 e. The van der Waals surface area contributed by atoms with E-state index in [2.05, 4.69) is 10.0 Å². The first-order valence-electron chi connectivity index (χ1n) is 8.58. The van der Waals surface area contributed by atoms with Crippen LogP contribution in [-0.2, 0) is 24.3 Å². The number of hydrogen-bond donors (Lipinski definition) is 2. The Hall–Kier alpha value is -2.97. The summed E-state index contributed by atoms with van der Waals surface area (Å²) in [5.41, 5.74) is 1.62. The van der Waals surface area contributed by atoms with E-state index >= 15 is 0 Å². The second kappa shape index (κ2) is 10.4. The van der Waals surface area contributed by atoms with E-state index in [-0.39, 0.29) is 6.04 Å². The summed E-state index contributed by atoms with van der Waals surface area (Å²) in [6.07, 6.45) is 1.41. The molecular weight excluding hydrogens is 380 g/mol. The lowest BCUT2D eigenvalue weighted by Gasteiger charge is -2.14. The smallest absolute Gasteiger partial charge is 0.321 e. The highest BCUT2D eigenvalue weighted by Crippen LogP contribution is 2.10. The van der Waals surface area contributed by atoms with Crippen molar-refractivity contribution in [3.05, 3.63) is 77.2 Å². The average molecular weight is 402 g/mol. The molecule has 0 saturated carbocycles. The Balaban J connectivity index is 1.73. The highest BCUT2D eigenvalue weighted by molar-refractivity contribution is 7.92. The van der Waals surface area contributed by atoms with Crippen LogP contribution in [0.25, 0.3) is 6.08 Å². The fourth-order valence-electron chi connectivity index (χ4n) is 2.25. The predicted octanol–water partition coefficient (Wildman–Crippen LogP) is 2.00. The van der Waals surface area contributed by atoms with Gasteiger partial charge in [-0.1, -0.05) is 60.7 Å². The fraction of sp³-hybridized carbons (Fsp3) is 0.200. The van der Waals surface area contributed by atoms with Crippen molar-refractivity contribution in [1.29, 1.82) is 0 Å². The number of benzene rings is 2. The van der Waals surface area contributed by atoms with Crippen LogP contribution in [0.3, 0.4) is 0 Å². The molecule has 1 unspecified atom stereocenters. The number of carbonyl (C=O) groups is 2. The number of rotatable bonds is 9. The van der Waals surface area contributed by atoms with E-state index in [1.165, 1.54) is 6.08 Å². The number of hydrogen-bond acceptors (Lipinski definition) is 5. The molecule has 0 heterocycles. The van der Waals surface area contributed by atoms with Gasteiger partial charge in [0.15, 0.2) is 6.61 Å². The Morgan fingerprint density at radius 3 is 2.29 bits per heavy atom. The van der Waals surface area contributed by atoms with Crippen molar-refractivity contribution in [2.75, 3.05) is 13.2 Å². The van der Waals surface area contributed by atoms with Crippen molar-refractivity contribution in [3.63, 3.8) is 0 Å². The van der Waals surface area contributed by atoms with E-state index in [0.717, 1.165) is 11.0 Å².